The lowest BCUT2D eigenvalue weighted by Gasteiger charge is -2.13. The lowest BCUT2D eigenvalue weighted by atomic mass is 10.1. The van der Waals surface area contributed by atoms with Gasteiger partial charge in [0.25, 0.3) is 10.0 Å². The average Bonchev–Trinajstić information content (AvgIpc) is 3.12. The van der Waals surface area contributed by atoms with Crippen molar-refractivity contribution in [2.24, 2.45) is 0 Å². The van der Waals surface area contributed by atoms with Crippen LogP contribution in [0.3, 0.4) is 0 Å². The summed E-state index contributed by atoms with van der Waals surface area (Å²) in [5.41, 5.74) is 1.62. The number of nitrogens with one attached hydrogen (secondary N) is 2. The summed E-state index contributed by atoms with van der Waals surface area (Å²) in [5, 5.41) is 0.956. The van der Waals surface area contributed by atoms with Gasteiger partial charge in [0.2, 0.25) is 5.91 Å². The van der Waals surface area contributed by atoms with Crippen LogP contribution < -0.4 is 4.72 Å². The smallest absolute Gasteiger partial charge is 0.265 e. The fourth-order valence-corrected chi connectivity index (χ4v) is 4.53. The van der Waals surface area contributed by atoms with E-state index in [1.807, 2.05) is 24.3 Å². The van der Waals surface area contributed by atoms with E-state index in [2.05, 4.69) is 35.4 Å². The molecule has 3 rings (SSSR count). The summed E-state index contributed by atoms with van der Waals surface area (Å²) >= 11 is 5.88. The third-order valence-corrected chi connectivity index (χ3v) is 6.62. The van der Waals surface area contributed by atoms with Crippen molar-refractivity contribution in [1.29, 1.82) is 0 Å². The van der Waals surface area contributed by atoms with Gasteiger partial charge >= 0.3 is 0 Å². The minimum Gasteiger partial charge on any atom is -0.361 e. The van der Waals surface area contributed by atoms with Crippen molar-refractivity contribution in [3.63, 3.8) is 0 Å². The highest BCUT2D eigenvalue weighted by atomic mass is 35.5. The second-order valence-electron chi connectivity index (χ2n) is 6.61. The van der Waals surface area contributed by atoms with Gasteiger partial charge in [-0.2, -0.15) is 0 Å². The molecule has 6 nitrogen and oxygen atoms in total. The number of carbonyl (C=O) groups excluding carboxylic acids is 1. The van der Waals surface area contributed by atoms with Gasteiger partial charge in [-0.1, -0.05) is 62.7 Å². The number of benzene rings is 2. The maximum Gasteiger partial charge on any atom is 0.265 e. The molecule has 30 heavy (non-hydrogen) atoms. The Bertz CT molecular complexity index is 1070. The number of H-pyrrole nitrogens is 1. The molecule has 0 atom stereocenters. The van der Waals surface area contributed by atoms with Crippen LogP contribution in [-0.2, 0) is 21.2 Å². The van der Waals surface area contributed by atoms with E-state index in [1.54, 1.807) is 18.3 Å². The molecule has 0 aliphatic rings. The van der Waals surface area contributed by atoms with Crippen molar-refractivity contribution >= 4 is 38.4 Å². The van der Waals surface area contributed by atoms with Gasteiger partial charge in [-0.25, -0.2) is 13.1 Å². The molecule has 1 aromatic heterocycles. The fraction of sp³-hybridized carbons (Fsp3) is 0.318. The van der Waals surface area contributed by atoms with Crippen LogP contribution in [-0.4, -0.2) is 43.8 Å². The molecule has 8 heteroatoms. The Kier molecular flexibility index (Phi) is 8.89. The number of fused-ring (bicyclic) bond motifs is 1. The van der Waals surface area contributed by atoms with Gasteiger partial charge in [0.15, 0.2) is 0 Å². The molecule has 0 radical (unpaired) electrons. The number of sulfonamides is 1. The number of hydrogen-bond donors (Lipinski definition) is 2. The monoisotopic (exact) mass is 449 g/mol. The molecule has 0 saturated carbocycles. The summed E-state index contributed by atoms with van der Waals surface area (Å²) in [5.74, 6) is -0.616. The van der Waals surface area contributed by atoms with Crippen molar-refractivity contribution in [2.45, 2.75) is 32.1 Å². The second-order valence-corrected chi connectivity index (χ2v) is 8.67. The second kappa shape index (κ2) is 11.2. The molecule has 0 saturated heterocycles. The summed E-state index contributed by atoms with van der Waals surface area (Å²) in [6, 6.07) is 13.5. The number of carbonyl (C=O) groups is 1. The quantitative estimate of drug-likeness (QED) is 0.565. The fourth-order valence-electron chi connectivity index (χ4n) is 3.03. The number of para-hydroxylation sites is 1. The van der Waals surface area contributed by atoms with Crippen molar-refractivity contribution in [3.05, 3.63) is 65.3 Å². The largest absolute Gasteiger partial charge is 0.361 e. The molecule has 1 heterocycles. The summed E-state index contributed by atoms with van der Waals surface area (Å²) in [4.78, 5) is 17.4. The van der Waals surface area contributed by atoms with E-state index in [-0.39, 0.29) is 16.3 Å². The summed E-state index contributed by atoms with van der Waals surface area (Å²) in [6.07, 6.45) is 1.65. The van der Waals surface area contributed by atoms with Gasteiger partial charge in [-0.3, -0.25) is 4.79 Å². The van der Waals surface area contributed by atoms with Gasteiger partial charge in [0.1, 0.15) is 4.90 Å². The molecule has 2 N–H and O–H groups in total. The van der Waals surface area contributed by atoms with Crippen molar-refractivity contribution in [1.82, 2.24) is 14.6 Å². The van der Waals surface area contributed by atoms with E-state index in [4.69, 9.17) is 11.6 Å². The highest BCUT2D eigenvalue weighted by Gasteiger charge is 2.21. The molecular weight excluding hydrogens is 422 g/mol. The first kappa shape index (κ1) is 23.9. The molecule has 0 spiro atoms. The normalized spacial score (nSPS) is 11.2. The first-order valence-corrected chi connectivity index (χ1v) is 11.8. The molecule has 0 aliphatic heterocycles. The minimum absolute atomic E-state index is 0.0479. The molecule has 0 aliphatic carbocycles. The van der Waals surface area contributed by atoms with Crippen LogP contribution in [0.1, 0.15) is 26.3 Å². The number of nitrogens with zero attached hydrogens (tertiary/aromatic N) is 1. The van der Waals surface area contributed by atoms with E-state index in [9.17, 15) is 13.2 Å². The average molecular weight is 450 g/mol. The molecule has 162 valence electrons. The summed E-state index contributed by atoms with van der Waals surface area (Å²) in [7, 11) is -3.99. The van der Waals surface area contributed by atoms with Gasteiger partial charge in [-0.15, -0.1) is 0 Å². The van der Waals surface area contributed by atoms with E-state index < -0.39 is 15.9 Å². The highest BCUT2D eigenvalue weighted by molar-refractivity contribution is 7.90. The molecule has 3 aromatic rings. The van der Waals surface area contributed by atoms with Crippen LogP contribution >= 0.6 is 11.6 Å². The minimum atomic E-state index is -3.99. The number of hydrogen-bond acceptors (Lipinski definition) is 4. The first-order chi connectivity index (χ1) is 14.3. The van der Waals surface area contributed by atoms with E-state index >= 15 is 0 Å². The molecule has 0 bridgehead atoms. The van der Waals surface area contributed by atoms with Crippen LogP contribution in [0.2, 0.25) is 5.02 Å². The zero-order chi connectivity index (χ0) is 22.1. The number of aromatic nitrogens is 1. The number of halogens is 1. The Hall–Kier alpha value is -2.35. The molecule has 0 unspecified atom stereocenters. The van der Waals surface area contributed by atoms with E-state index in [1.165, 1.54) is 31.8 Å². The predicted molar refractivity (Wildman–Crippen MR) is 122 cm³/mol. The Morgan fingerprint density at radius 1 is 1.00 bits per heavy atom. The van der Waals surface area contributed by atoms with Crippen molar-refractivity contribution < 1.29 is 13.2 Å². The number of amides is 1. The van der Waals surface area contributed by atoms with Crippen molar-refractivity contribution in [3.8, 4) is 0 Å². The predicted octanol–water partition coefficient (Wildman–Crippen LogP) is 4.22. The topological polar surface area (TPSA) is 82.3 Å². The zero-order valence-corrected chi connectivity index (χ0v) is 19.1. The van der Waals surface area contributed by atoms with Gasteiger partial charge in [0, 0.05) is 17.1 Å². The lowest BCUT2D eigenvalue weighted by molar-refractivity contribution is -0.118. The molecule has 0 fully saturated rings. The Labute approximate surface area is 183 Å². The van der Waals surface area contributed by atoms with E-state index in [0.29, 0.717) is 0 Å². The standard InChI is InChI=1S/C16H13ClN2O3S.C6H15N/c17-13-6-2-4-8-15(13)23(21,22)19-16(20)9-11-10-18-14-7-3-1-5-12(11)14;1-4-7(5-2)6-3/h1-8,10,18H,9H2,(H,19,20);4-6H2,1-3H3. The van der Waals surface area contributed by atoms with Crippen LogP contribution in [0.5, 0.6) is 0 Å². The third kappa shape index (κ3) is 6.32. The highest BCUT2D eigenvalue weighted by Crippen LogP contribution is 2.21. The van der Waals surface area contributed by atoms with E-state index in [0.717, 1.165) is 16.5 Å². The van der Waals surface area contributed by atoms with Crippen LogP contribution in [0.15, 0.2) is 59.6 Å². The Morgan fingerprint density at radius 3 is 2.20 bits per heavy atom. The van der Waals surface area contributed by atoms with Gasteiger partial charge in [0.05, 0.1) is 11.4 Å². The Morgan fingerprint density at radius 2 is 1.60 bits per heavy atom. The van der Waals surface area contributed by atoms with Crippen LogP contribution in [0, 0.1) is 0 Å². The van der Waals surface area contributed by atoms with Crippen molar-refractivity contribution in [2.75, 3.05) is 19.6 Å². The third-order valence-electron chi connectivity index (χ3n) is 4.74. The first-order valence-electron chi connectivity index (χ1n) is 9.89. The maximum absolute atomic E-state index is 12.2. The Balaban J connectivity index is 0.000000396. The van der Waals surface area contributed by atoms with Crippen LogP contribution in [0.25, 0.3) is 10.9 Å². The number of rotatable bonds is 7. The maximum atomic E-state index is 12.2. The van der Waals surface area contributed by atoms with Gasteiger partial charge in [-0.05, 0) is 43.4 Å². The summed E-state index contributed by atoms with van der Waals surface area (Å²) in [6.45, 7) is 10.1. The van der Waals surface area contributed by atoms with Crippen LogP contribution in [0.4, 0.5) is 0 Å². The SMILES string of the molecule is CCN(CC)CC.O=C(Cc1c[nH]c2ccccc12)NS(=O)(=O)c1ccccc1Cl. The molecule has 2 aromatic carbocycles. The number of aromatic amines is 1. The van der Waals surface area contributed by atoms with Gasteiger partial charge < -0.3 is 9.88 Å². The zero-order valence-electron chi connectivity index (χ0n) is 17.5. The molecule has 1 amide bonds. The summed E-state index contributed by atoms with van der Waals surface area (Å²) < 4.78 is 26.5. The molecular formula is C22H28ClN3O3S. The lowest BCUT2D eigenvalue weighted by Crippen LogP contribution is -2.31.